The summed E-state index contributed by atoms with van der Waals surface area (Å²) in [6.07, 6.45) is 2.32. The maximum atomic E-state index is 12.3. The molecular formula is C11H12F3NO2S. The maximum absolute atomic E-state index is 12.3. The zero-order valence-corrected chi connectivity index (χ0v) is 10.2. The molecule has 3 nitrogen and oxygen atoms in total. The van der Waals surface area contributed by atoms with Gasteiger partial charge in [0.25, 0.3) is 9.84 Å². The molecule has 2 rings (SSSR count). The molecule has 0 amide bonds. The van der Waals surface area contributed by atoms with Crippen molar-refractivity contribution in [2.45, 2.75) is 23.2 Å². The van der Waals surface area contributed by atoms with Gasteiger partial charge < -0.3 is 5.32 Å². The highest BCUT2D eigenvalue weighted by Crippen LogP contribution is 2.31. The van der Waals surface area contributed by atoms with Crippen molar-refractivity contribution in [3.8, 4) is 0 Å². The Hall–Kier alpha value is -1.24. The van der Waals surface area contributed by atoms with Gasteiger partial charge >= 0.3 is 5.51 Å². The summed E-state index contributed by atoms with van der Waals surface area (Å²) in [5, 5.41) is 3.05. The first-order valence-electron chi connectivity index (χ1n) is 5.46. The summed E-state index contributed by atoms with van der Waals surface area (Å²) in [5.74, 6) is 0.628. The Morgan fingerprint density at radius 1 is 1.17 bits per heavy atom. The van der Waals surface area contributed by atoms with Gasteiger partial charge in [0.15, 0.2) is 0 Å². The Kier molecular flexibility index (Phi) is 3.27. The van der Waals surface area contributed by atoms with Crippen LogP contribution in [-0.4, -0.2) is 20.5 Å². The number of halogens is 3. The monoisotopic (exact) mass is 279 g/mol. The first-order chi connectivity index (χ1) is 8.30. The Balaban J connectivity index is 2.11. The van der Waals surface area contributed by atoms with Crippen LogP contribution < -0.4 is 5.32 Å². The highest BCUT2D eigenvalue weighted by molar-refractivity contribution is 7.92. The molecule has 0 atom stereocenters. The van der Waals surface area contributed by atoms with Crippen molar-refractivity contribution in [1.82, 2.24) is 0 Å². The van der Waals surface area contributed by atoms with Gasteiger partial charge in [0.1, 0.15) is 0 Å². The van der Waals surface area contributed by atoms with E-state index in [2.05, 4.69) is 5.32 Å². The fourth-order valence-corrected chi connectivity index (χ4v) is 2.23. The molecule has 1 aliphatic carbocycles. The summed E-state index contributed by atoms with van der Waals surface area (Å²) in [5.41, 5.74) is -4.63. The van der Waals surface area contributed by atoms with Crippen molar-refractivity contribution < 1.29 is 21.6 Å². The van der Waals surface area contributed by atoms with E-state index in [4.69, 9.17) is 0 Å². The minimum absolute atomic E-state index is 0.628. The predicted molar refractivity (Wildman–Crippen MR) is 60.9 cm³/mol. The van der Waals surface area contributed by atoms with Crippen molar-refractivity contribution >= 4 is 15.5 Å². The topological polar surface area (TPSA) is 46.2 Å². The van der Waals surface area contributed by atoms with Crippen molar-refractivity contribution in [2.75, 3.05) is 11.9 Å². The van der Waals surface area contributed by atoms with Gasteiger partial charge in [-0.25, -0.2) is 8.42 Å². The highest BCUT2D eigenvalue weighted by atomic mass is 32.2. The molecular weight excluding hydrogens is 267 g/mol. The van der Waals surface area contributed by atoms with E-state index in [1.807, 2.05) is 0 Å². The van der Waals surface area contributed by atoms with Gasteiger partial charge in [-0.1, -0.05) is 0 Å². The Labute approximate surface area is 103 Å². The first-order valence-corrected chi connectivity index (χ1v) is 6.94. The molecule has 7 heteroatoms. The summed E-state index contributed by atoms with van der Waals surface area (Å²) >= 11 is 0. The van der Waals surface area contributed by atoms with E-state index in [0.717, 1.165) is 31.5 Å². The van der Waals surface area contributed by atoms with Gasteiger partial charge in [-0.05, 0) is 43.0 Å². The van der Waals surface area contributed by atoms with E-state index >= 15 is 0 Å². The van der Waals surface area contributed by atoms with Crippen molar-refractivity contribution in [2.24, 2.45) is 5.92 Å². The first kappa shape index (κ1) is 13.2. The minimum atomic E-state index is -5.25. The molecule has 0 aliphatic heterocycles. The van der Waals surface area contributed by atoms with Crippen molar-refractivity contribution in [3.05, 3.63) is 24.3 Å². The normalized spacial score (nSPS) is 16.6. The average Bonchev–Trinajstić information content (AvgIpc) is 3.09. The average molecular weight is 279 g/mol. The van der Waals surface area contributed by atoms with E-state index in [0.29, 0.717) is 11.6 Å². The third kappa shape index (κ3) is 2.77. The van der Waals surface area contributed by atoms with Crippen LogP contribution >= 0.6 is 0 Å². The second-order valence-corrected chi connectivity index (χ2v) is 6.24. The molecule has 0 aromatic heterocycles. The minimum Gasteiger partial charge on any atom is -0.385 e. The molecule has 0 spiro atoms. The molecule has 1 N–H and O–H groups in total. The highest BCUT2D eigenvalue weighted by Gasteiger charge is 2.46. The molecule has 0 unspecified atom stereocenters. The SMILES string of the molecule is O=S(=O)(c1ccc(NCC2CC2)cc1)C(F)(F)F. The van der Waals surface area contributed by atoms with E-state index in [-0.39, 0.29) is 0 Å². The van der Waals surface area contributed by atoms with Gasteiger partial charge in [0.05, 0.1) is 4.90 Å². The van der Waals surface area contributed by atoms with E-state index in [9.17, 15) is 21.6 Å². The Morgan fingerprint density at radius 3 is 2.17 bits per heavy atom. The molecule has 100 valence electrons. The van der Waals surface area contributed by atoms with Crippen LogP contribution in [0.5, 0.6) is 0 Å². The van der Waals surface area contributed by atoms with Gasteiger partial charge in [0.2, 0.25) is 0 Å². The van der Waals surface area contributed by atoms with Crippen LogP contribution in [0.1, 0.15) is 12.8 Å². The zero-order valence-electron chi connectivity index (χ0n) is 9.37. The van der Waals surface area contributed by atoms with Gasteiger partial charge in [-0.3, -0.25) is 0 Å². The molecule has 0 heterocycles. The summed E-state index contributed by atoms with van der Waals surface area (Å²) in [6.45, 7) is 0.769. The molecule has 1 saturated carbocycles. The van der Waals surface area contributed by atoms with Crippen LogP contribution in [0.3, 0.4) is 0 Å². The van der Waals surface area contributed by atoms with E-state index < -0.39 is 20.2 Å². The van der Waals surface area contributed by atoms with Gasteiger partial charge in [0, 0.05) is 12.2 Å². The summed E-state index contributed by atoms with van der Waals surface area (Å²) in [6, 6.07) is 4.64. The number of hydrogen-bond donors (Lipinski definition) is 1. The second kappa shape index (κ2) is 4.46. The quantitative estimate of drug-likeness (QED) is 0.921. The number of rotatable bonds is 4. The second-order valence-electron chi connectivity index (χ2n) is 4.30. The molecule has 1 fully saturated rings. The number of sulfone groups is 1. The molecule has 0 radical (unpaired) electrons. The number of benzene rings is 1. The lowest BCUT2D eigenvalue weighted by molar-refractivity contribution is -0.0436. The third-order valence-corrected chi connectivity index (χ3v) is 4.26. The third-order valence-electron chi connectivity index (χ3n) is 2.76. The molecule has 1 aliphatic rings. The molecule has 0 saturated heterocycles. The van der Waals surface area contributed by atoms with Crippen molar-refractivity contribution in [3.63, 3.8) is 0 Å². The van der Waals surface area contributed by atoms with Gasteiger partial charge in [-0.15, -0.1) is 0 Å². The van der Waals surface area contributed by atoms with Gasteiger partial charge in [-0.2, -0.15) is 13.2 Å². The van der Waals surface area contributed by atoms with Crippen LogP contribution in [0.4, 0.5) is 18.9 Å². The summed E-state index contributed by atoms with van der Waals surface area (Å²) in [4.78, 5) is -0.730. The number of nitrogens with one attached hydrogen (secondary N) is 1. The van der Waals surface area contributed by atoms with Crippen molar-refractivity contribution in [1.29, 1.82) is 0 Å². The standard InChI is InChI=1S/C11H12F3NO2S/c12-11(13,14)18(16,17)10-5-3-9(4-6-10)15-7-8-1-2-8/h3-6,8,15H,1-2,7H2. The lowest BCUT2D eigenvalue weighted by Gasteiger charge is -2.09. The van der Waals surface area contributed by atoms with Crippen LogP contribution in [0.25, 0.3) is 0 Å². The summed E-state index contributed by atoms with van der Waals surface area (Å²) < 4.78 is 59.0. The number of anilines is 1. The maximum Gasteiger partial charge on any atom is 0.501 e. The van der Waals surface area contributed by atoms with E-state index in [1.54, 1.807) is 0 Å². The van der Waals surface area contributed by atoms with Crippen LogP contribution in [0, 0.1) is 5.92 Å². The fourth-order valence-electron chi connectivity index (χ4n) is 1.47. The Bertz CT molecular complexity index is 518. The van der Waals surface area contributed by atoms with Crippen LogP contribution in [-0.2, 0) is 9.84 Å². The number of alkyl halides is 3. The van der Waals surface area contributed by atoms with Crippen LogP contribution in [0.15, 0.2) is 29.2 Å². The smallest absolute Gasteiger partial charge is 0.385 e. The lowest BCUT2D eigenvalue weighted by atomic mass is 10.3. The molecule has 1 aromatic carbocycles. The number of hydrogen-bond acceptors (Lipinski definition) is 3. The zero-order chi connectivity index (χ0) is 13.4. The van der Waals surface area contributed by atoms with E-state index in [1.165, 1.54) is 12.1 Å². The predicted octanol–water partition coefficient (Wildman–Crippen LogP) is 2.80. The van der Waals surface area contributed by atoms with Crippen LogP contribution in [0.2, 0.25) is 0 Å². The Morgan fingerprint density at radius 2 is 1.72 bits per heavy atom. The molecule has 1 aromatic rings. The molecule has 0 bridgehead atoms. The fraction of sp³-hybridized carbons (Fsp3) is 0.455. The molecule has 18 heavy (non-hydrogen) atoms. The lowest BCUT2D eigenvalue weighted by Crippen LogP contribution is -2.23. The summed E-state index contributed by atoms with van der Waals surface area (Å²) in [7, 11) is -5.24. The largest absolute Gasteiger partial charge is 0.501 e.